The lowest BCUT2D eigenvalue weighted by atomic mass is 9.33. The van der Waals surface area contributed by atoms with Gasteiger partial charge in [-0.2, -0.15) is 0 Å². The number of fused-ring (bicyclic) bond motifs is 7. The van der Waals surface area contributed by atoms with Crippen molar-refractivity contribution in [1.82, 2.24) is 5.32 Å². The molecular weight excluding hydrogens is 474 g/mol. The van der Waals surface area contributed by atoms with Crippen LogP contribution in [-0.4, -0.2) is 30.8 Å². The molecule has 5 rings (SSSR count). The van der Waals surface area contributed by atoms with E-state index in [4.69, 9.17) is 4.74 Å². The van der Waals surface area contributed by atoms with Gasteiger partial charge in [-0.05, 0) is 102 Å². The third-order valence-electron chi connectivity index (χ3n) is 13.3. The maximum atomic E-state index is 13.5. The first-order chi connectivity index (χ1) is 17.6. The third-order valence-corrected chi connectivity index (χ3v) is 13.3. The van der Waals surface area contributed by atoms with Gasteiger partial charge < -0.3 is 10.1 Å². The molecule has 5 aliphatic carbocycles. The van der Waals surface area contributed by atoms with E-state index < -0.39 is 5.41 Å². The van der Waals surface area contributed by atoms with Crippen molar-refractivity contribution in [2.75, 3.05) is 7.05 Å². The summed E-state index contributed by atoms with van der Waals surface area (Å²) in [7, 11) is 1.73. The molecule has 0 spiro atoms. The number of rotatable bonds is 3. The molecule has 38 heavy (non-hydrogen) atoms. The number of esters is 1. The number of carbonyl (C=O) groups excluding carboxylic acids is 3. The predicted molar refractivity (Wildman–Crippen MR) is 149 cm³/mol. The minimum atomic E-state index is -0.649. The molecule has 1 N–H and O–H groups in total. The van der Waals surface area contributed by atoms with E-state index in [0.29, 0.717) is 18.3 Å². The SMILES string of the molecule is CNC(=O)[C@@]12CC[C@]3(C)C(CCC4[C@@]5(C)CC[C@H](OC(C)=O)C(C)(C)C5CC[C@]43C)C1=C(C(C)C)C(=O)C2. The molecule has 0 bridgehead atoms. The van der Waals surface area contributed by atoms with Crippen molar-refractivity contribution in [3.8, 4) is 0 Å². The molecule has 5 aliphatic rings. The molecule has 0 aromatic carbocycles. The molecule has 1 amide bonds. The Morgan fingerprint density at radius 3 is 2.18 bits per heavy atom. The molecule has 0 saturated heterocycles. The number of amides is 1. The summed E-state index contributed by atoms with van der Waals surface area (Å²) in [5.41, 5.74) is 1.87. The van der Waals surface area contributed by atoms with Crippen molar-refractivity contribution in [3.63, 3.8) is 0 Å². The van der Waals surface area contributed by atoms with Crippen LogP contribution in [0.3, 0.4) is 0 Å². The van der Waals surface area contributed by atoms with Gasteiger partial charge in [-0.1, -0.05) is 48.5 Å². The number of hydrogen-bond donors (Lipinski definition) is 1. The van der Waals surface area contributed by atoms with Gasteiger partial charge in [-0.25, -0.2) is 0 Å². The summed E-state index contributed by atoms with van der Waals surface area (Å²) in [6.07, 6.45) is 8.66. The van der Waals surface area contributed by atoms with Gasteiger partial charge in [0.1, 0.15) is 6.10 Å². The second-order valence-electron chi connectivity index (χ2n) is 15.3. The molecule has 4 saturated carbocycles. The standard InChI is InChI=1S/C33H51NO4/c1-19(2)26-22(36)18-33(28(37)34-9)17-16-31(7)21(27(26)33)10-11-24-30(6)14-13-25(38-20(3)35)29(4,5)23(30)12-15-32(24,31)8/h19,21,23-25H,10-18H2,1-9H3,(H,34,37)/t21?,23?,24?,25-,30-,31+,32+,33+/m0/s1. The van der Waals surface area contributed by atoms with Crippen molar-refractivity contribution >= 4 is 17.7 Å². The fourth-order valence-electron chi connectivity index (χ4n) is 11.5. The number of ketones is 1. The molecule has 0 aliphatic heterocycles. The molecule has 3 unspecified atom stereocenters. The minimum absolute atomic E-state index is 0.0135. The van der Waals surface area contributed by atoms with Crippen molar-refractivity contribution in [1.29, 1.82) is 0 Å². The van der Waals surface area contributed by atoms with Crippen LogP contribution in [0, 0.1) is 50.7 Å². The molecule has 4 fully saturated rings. The number of carbonyl (C=O) groups is 3. The lowest BCUT2D eigenvalue weighted by molar-refractivity contribution is -0.232. The summed E-state index contributed by atoms with van der Waals surface area (Å²) >= 11 is 0. The van der Waals surface area contributed by atoms with Crippen molar-refractivity contribution in [2.45, 2.75) is 119 Å². The van der Waals surface area contributed by atoms with Gasteiger partial charge in [0.15, 0.2) is 5.78 Å². The van der Waals surface area contributed by atoms with Gasteiger partial charge in [0.2, 0.25) is 5.91 Å². The quantitative estimate of drug-likeness (QED) is 0.419. The molecule has 0 radical (unpaired) electrons. The van der Waals surface area contributed by atoms with E-state index in [0.717, 1.165) is 56.9 Å². The Hall–Kier alpha value is -1.65. The highest BCUT2D eigenvalue weighted by Crippen LogP contribution is 2.76. The lowest BCUT2D eigenvalue weighted by Gasteiger charge is -2.72. The summed E-state index contributed by atoms with van der Waals surface area (Å²) in [4.78, 5) is 38.9. The second-order valence-corrected chi connectivity index (χ2v) is 15.3. The van der Waals surface area contributed by atoms with E-state index in [2.05, 4.69) is 53.8 Å². The highest BCUT2D eigenvalue weighted by atomic mass is 16.5. The van der Waals surface area contributed by atoms with E-state index in [1.165, 1.54) is 5.57 Å². The Kier molecular flexibility index (Phi) is 6.37. The zero-order valence-electron chi connectivity index (χ0n) is 25.4. The number of ether oxygens (including phenoxy) is 1. The Balaban J connectivity index is 1.57. The van der Waals surface area contributed by atoms with Gasteiger partial charge >= 0.3 is 5.97 Å². The molecule has 0 heterocycles. The maximum Gasteiger partial charge on any atom is 0.302 e. The molecule has 5 nitrogen and oxygen atoms in total. The normalized spacial score (nSPS) is 45.6. The van der Waals surface area contributed by atoms with E-state index in [1.54, 1.807) is 14.0 Å². The summed E-state index contributed by atoms with van der Waals surface area (Å²) in [6, 6.07) is 0. The van der Waals surface area contributed by atoms with Gasteiger partial charge in [0, 0.05) is 25.8 Å². The Labute approximate surface area is 230 Å². The van der Waals surface area contributed by atoms with E-state index >= 15 is 0 Å². The predicted octanol–water partition coefficient (Wildman–Crippen LogP) is 6.64. The molecule has 0 aromatic rings. The fraction of sp³-hybridized carbons (Fsp3) is 0.848. The number of hydrogen-bond acceptors (Lipinski definition) is 4. The monoisotopic (exact) mass is 525 g/mol. The minimum Gasteiger partial charge on any atom is -0.462 e. The van der Waals surface area contributed by atoms with Crippen LogP contribution in [0.1, 0.15) is 113 Å². The highest BCUT2D eigenvalue weighted by Gasteiger charge is 2.71. The van der Waals surface area contributed by atoms with Gasteiger partial charge in [0.05, 0.1) is 5.41 Å². The second kappa shape index (κ2) is 8.67. The number of allylic oxidation sites excluding steroid dienone is 1. The van der Waals surface area contributed by atoms with Crippen LogP contribution < -0.4 is 5.32 Å². The average molecular weight is 526 g/mol. The van der Waals surface area contributed by atoms with Crippen LogP contribution in [0.25, 0.3) is 0 Å². The van der Waals surface area contributed by atoms with Crippen LogP contribution >= 0.6 is 0 Å². The molecular formula is C33H51NO4. The van der Waals surface area contributed by atoms with Crippen LogP contribution in [0.15, 0.2) is 11.1 Å². The highest BCUT2D eigenvalue weighted by molar-refractivity contribution is 6.06. The van der Waals surface area contributed by atoms with Crippen LogP contribution in [-0.2, 0) is 19.1 Å². The third kappa shape index (κ3) is 3.38. The first-order valence-corrected chi connectivity index (χ1v) is 15.3. The van der Waals surface area contributed by atoms with Gasteiger partial charge in [-0.3, -0.25) is 14.4 Å². The topological polar surface area (TPSA) is 72.5 Å². The zero-order chi connectivity index (χ0) is 28.1. The summed E-state index contributed by atoms with van der Waals surface area (Å²) in [6.45, 7) is 18.1. The summed E-state index contributed by atoms with van der Waals surface area (Å²) < 4.78 is 5.89. The molecule has 212 valence electrons. The van der Waals surface area contributed by atoms with Crippen molar-refractivity contribution in [2.24, 2.45) is 50.7 Å². The Morgan fingerprint density at radius 2 is 1.58 bits per heavy atom. The lowest BCUT2D eigenvalue weighted by Crippen LogP contribution is -2.66. The van der Waals surface area contributed by atoms with Crippen LogP contribution in [0.5, 0.6) is 0 Å². The van der Waals surface area contributed by atoms with E-state index in [9.17, 15) is 14.4 Å². The zero-order valence-corrected chi connectivity index (χ0v) is 25.4. The largest absolute Gasteiger partial charge is 0.462 e. The van der Waals surface area contributed by atoms with Crippen LogP contribution in [0.2, 0.25) is 0 Å². The molecule has 5 heteroatoms. The van der Waals surface area contributed by atoms with Crippen molar-refractivity contribution in [3.05, 3.63) is 11.1 Å². The van der Waals surface area contributed by atoms with Crippen molar-refractivity contribution < 1.29 is 19.1 Å². The first-order valence-electron chi connectivity index (χ1n) is 15.3. The average Bonchev–Trinajstić information content (AvgIpc) is 3.14. The van der Waals surface area contributed by atoms with E-state index in [1.807, 2.05) is 0 Å². The molecule has 8 atom stereocenters. The number of nitrogens with one attached hydrogen (secondary N) is 1. The Bertz CT molecular complexity index is 1090. The van der Waals surface area contributed by atoms with Gasteiger partial charge in [-0.15, -0.1) is 0 Å². The fourth-order valence-corrected chi connectivity index (χ4v) is 11.5. The Morgan fingerprint density at radius 1 is 0.895 bits per heavy atom. The number of Topliss-reactive ketones (excluding diaryl/α,β-unsaturated/α-hetero) is 1. The summed E-state index contributed by atoms with van der Waals surface area (Å²) in [5, 5.41) is 2.96. The van der Waals surface area contributed by atoms with Crippen LogP contribution in [0.4, 0.5) is 0 Å². The molecule has 0 aromatic heterocycles. The first kappa shape index (κ1) is 27.9. The van der Waals surface area contributed by atoms with E-state index in [-0.39, 0.29) is 57.3 Å². The maximum absolute atomic E-state index is 13.5. The van der Waals surface area contributed by atoms with Gasteiger partial charge in [0.25, 0.3) is 0 Å². The summed E-state index contributed by atoms with van der Waals surface area (Å²) in [5.74, 6) is 1.61. The smallest absolute Gasteiger partial charge is 0.302 e.